The molecule has 0 aliphatic rings. The molecular weight excluding hydrogens is 238 g/mol. The fourth-order valence-electron chi connectivity index (χ4n) is 1.37. The van der Waals surface area contributed by atoms with Crippen molar-refractivity contribution in [3.8, 4) is 0 Å². The van der Waals surface area contributed by atoms with E-state index in [1.165, 1.54) is 5.56 Å². The predicted molar refractivity (Wildman–Crippen MR) is 70.6 cm³/mol. The molecule has 0 radical (unpaired) electrons. The van der Waals surface area contributed by atoms with Crippen molar-refractivity contribution in [2.24, 2.45) is 0 Å². The van der Waals surface area contributed by atoms with E-state index in [-0.39, 0.29) is 0 Å². The molecule has 0 heterocycles. The van der Waals surface area contributed by atoms with E-state index in [1.54, 1.807) is 7.11 Å². The zero-order valence-corrected chi connectivity index (χ0v) is 11.2. The Bertz CT molecular complexity index is 331. The number of benzene rings is 1. The lowest BCUT2D eigenvalue weighted by Gasteiger charge is -2.07. The largest absolute Gasteiger partial charge is 0.382 e. The van der Waals surface area contributed by atoms with Crippen LogP contribution in [0.5, 0.6) is 0 Å². The third kappa shape index (κ3) is 6.03. The summed E-state index contributed by atoms with van der Waals surface area (Å²) in [5.74, 6) is 0. The molecule has 96 valence electrons. The van der Waals surface area contributed by atoms with Gasteiger partial charge in [0.2, 0.25) is 0 Å². The summed E-state index contributed by atoms with van der Waals surface area (Å²) >= 11 is 6.04. The summed E-state index contributed by atoms with van der Waals surface area (Å²) in [6.07, 6.45) is 0. The Kier molecular flexibility index (Phi) is 7.21. The van der Waals surface area contributed by atoms with Crippen molar-refractivity contribution in [2.75, 3.05) is 33.5 Å². The highest BCUT2D eigenvalue weighted by molar-refractivity contribution is 6.31. The van der Waals surface area contributed by atoms with E-state index >= 15 is 0 Å². The summed E-state index contributed by atoms with van der Waals surface area (Å²) in [6.45, 7) is 5.64. The second-order valence-corrected chi connectivity index (χ2v) is 4.27. The van der Waals surface area contributed by atoms with Gasteiger partial charge >= 0.3 is 0 Å². The fraction of sp³-hybridized carbons (Fsp3) is 0.538. The van der Waals surface area contributed by atoms with Crippen LogP contribution in [0.1, 0.15) is 11.1 Å². The number of nitrogens with one attached hydrogen (secondary N) is 1. The Labute approximate surface area is 108 Å². The van der Waals surface area contributed by atoms with Gasteiger partial charge in [-0.15, -0.1) is 0 Å². The molecule has 0 saturated carbocycles. The highest BCUT2D eigenvalue weighted by Gasteiger charge is 1.97. The Morgan fingerprint density at radius 2 is 2.06 bits per heavy atom. The molecule has 17 heavy (non-hydrogen) atoms. The molecule has 4 heteroatoms. The van der Waals surface area contributed by atoms with E-state index in [1.807, 2.05) is 19.1 Å². The van der Waals surface area contributed by atoms with Crippen LogP contribution in [0.4, 0.5) is 0 Å². The fourth-order valence-corrected chi connectivity index (χ4v) is 1.57. The van der Waals surface area contributed by atoms with Crippen molar-refractivity contribution in [3.05, 3.63) is 34.3 Å². The third-order valence-corrected chi connectivity index (χ3v) is 2.83. The van der Waals surface area contributed by atoms with Gasteiger partial charge in [-0.05, 0) is 24.1 Å². The first-order valence-electron chi connectivity index (χ1n) is 5.76. The molecule has 0 amide bonds. The number of hydrogen-bond donors (Lipinski definition) is 1. The quantitative estimate of drug-likeness (QED) is 0.726. The monoisotopic (exact) mass is 257 g/mol. The van der Waals surface area contributed by atoms with Crippen LogP contribution >= 0.6 is 11.6 Å². The van der Waals surface area contributed by atoms with Crippen molar-refractivity contribution in [3.63, 3.8) is 0 Å². The Hall–Kier alpha value is -0.610. The van der Waals surface area contributed by atoms with Gasteiger partial charge in [0.1, 0.15) is 0 Å². The van der Waals surface area contributed by atoms with E-state index in [4.69, 9.17) is 21.1 Å². The van der Waals surface area contributed by atoms with Crippen molar-refractivity contribution in [1.29, 1.82) is 0 Å². The third-order valence-electron chi connectivity index (χ3n) is 2.42. The SMILES string of the molecule is COCCOCCNCc1ccc(C)c(Cl)c1. The molecule has 0 aromatic heterocycles. The minimum absolute atomic E-state index is 0.646. The topological polar surface area (TPSA) is 30.5 Å². The Morgan fingerprint density at radius 3 is 2.76 bits per heavy atom. The summed E-state index contributed by atoms with van der Waals surface area (Å²) < 4.78 is 10.2. The molecular formula is C13H20ClNO2. The van der Waals surface area contributed by atoms with Crippen molar-refractivity contribution in [2.45, 2.75) is 13.5 Å². The number of aryl methyl sites for hydroxylation is 1. The Balaban J connectivity index is 2.11. The van der Waals surface area contributed by atoms with Crippen molar-refractivity contribution in [1.82, 2.24) is 5.32 Å². The molecule has 1 rings (SSSR count). The average molecular weight is 258 g/mol. The number of ether oxygens (including phenoxy) is 2. The van der Waals surface area contributed by atoms with E-state index < -0.39 is 0 Å². The van der Waals surface area contributed by atoms with E-state index in [2.05, 4.69) is 11.4 Å². The van der Waals surface area contributed by atoms with Gasteiger partial charge in [-0.25, -0.2) is 0 Å². The van der Waals surface area contributed by atoms with Crippen molar-refractivity contribution >= 4 is 11.6 Å². The van der Waals surface area contributed by atoms with E-state index in [9.17, 15) is 0 Å². The van der Waals surface area contributed by atoms with Crippen LogP contribution in [-0.4, -0.2) is 33.5 Å². The highest BCUT2D eigenvalue weighted by atomic mass is 35.5. The summed E-state index contributed by atoms with van der Waals surface area (Å²) in [7, 11) is 1.67. The van der Waals surface area contributed by atoms with Crippen LogP contribution in [0.2, 0.25) is 5.02 Å². The number of hydrogen-bond acceptors (Lipinski definition) is 3. The lowest BCUT2D eigenvalue weighted by atomic mass is 10.1. The number of methoxy groups -OCH3 is 1. The molecule has 1 aromatic rings. The average Bonchev–Trinajstić information content (AvgIpc) is 2.32. The van der Waals surface area contributed by atoms with Gasteiger partial charge in [-0.3, -0.25) is 0 Å². The molecule has 3 nitrogen and oxygen atoms in total. The number of rotatable bonds is 8. The van der Waals surface area contributed by atoms with E-state index in [0.717, 1.165) is 23.7 Å². The lowest BCUT2D eigenvalue weighted by molar-refractivity contribution is 0.0719. The molecule has 1 aromatic carbocycles. The minimum Gasteiger partial charge on any atom is -0.382 e. The standard InChI is InChI=1S/C13H20ClNO2/c1-11-3-4-12(9-13(11)14)10-15-5-6-17-8-7-16-2/h3-4,9,15H,5-8,10H2,1-2H3. The summed E-state index contributed by atoms with van der Waals surface area (Å²) in [6, 6.07) is 6.12. The zero-order valence-electron chi connectivity index (χ0n) is 10.5. The Morgan fingerprint density at radius 1 is 1.24 bits per heavy atom. The summed E-state index contributed by atoms with van der Waals surface area (Å²) in [5, 5.41) is 4.12. The van der Waals surface area contributed by atoms with Gasteiger partial charge in [-0.2, -0.15) is 0 Å². The van der Waals surface area contributed by atoms with Gasteiger partial charge in [-0.1, -0.05) is 23.7 Å². The molecule has 0 spiro atoms. The minimum atomic E-state index is 0.646. The first kappa shape index (κ1) is 14.5. The molecule has 0 atom stereocenters. The zero-order chi connectivity index (χ0) is 12.5. The lowest BCUT2D eigenvalue weighted by Crippen LogP contribution is -2.20. The smallest absolute Gasteiger partial charge is 0.0700 e. The van der Waals surface area contributed by atoms with Crippen LogP contribution in [-0.2, 0) is 16.0 Å². The molecule has 0 unspecified atom stereocenters. The van der Waals surface area contributed by atoms with Gasteiger partial charge in [0.25, 0.3) is 0 Å². The van der Waals surface area contributed by atoms with Crippen LogP contribution in [0.15, 0.2) is 18.2 Å². The molecule has 0 saturated heterocycles. The first-order valence-corrected chi connectivity index (χ1v) is 6.14. The maximum atomic E-state index is 6.04. The first-order chi connectivity index (χ1) is 8.24. The maximum Gasteiger partial charge on any atom is 0.0700 e. The van der Waals surface area contributed by atoms with Gasteiger partial charge in [0.05, 0.1) is 19.8 Å². The highest BCUT2D eigenvalue weighted by Crippen LogP contribution is 2.16. The summed E-state index contributed by atoms with van der Waals surface area (Å²) in [5.41, 5.74) is 2.30. The predicted octanol–water partition coefficient (Wildman–Crippen LogP) is 2.40. The van der Waals surface area contributed by atoms with Crippen LogP contribution < -0.4 is 5.32 Å². The van der Waals surface area contributed by atoms with Crippen molar-refractivity contribution < 1.29 is 9.47 Å². The van der Waals surface area contributed by atoms with Crippen LogP contribution in [0.25, 0.3) is 0 Å². The van der Waals surface area contributed by atoms with Crippen LogP contribution in [0.3, 0.4) is 0 Å². The maximum absolute atomic E-state index is 6.04. The van der Waals surface area contributed by atoms with Gasteiger partial charge in [0.15, 0.2) is 0 Å². The molecule has 0 fully saturated rings. The van der Waals surface area contributed by atoms with Gasteiger partial charge < -0.3 is 14.8 Å². The normalized spacial score (nSPS) is 10.8. The molecule has 0 bridgehead atoms. The van der Waals surface area contributed by atoms with Gasteiger partial charge in [0, 0.05) is 25.2 Å². The number of halogens is 1. The second kappa shape index (κ2) is 8.48. The summed E-state index contributed by atoms with van der Waals surface area (Å²) in [4.78, 5) is 0. The molecule has 0 aliphatic heterocycles. The molecule has 1 N–H and O–H groups in total. The second-order valence-electron chi connectivity index (χ2n) is 3.87. The van der Waals surface area contributed by atoms with Crippen LogP contribution in [0, 0.1) is 6.92 Å². The molecule has 0 aliphatic carbocycles. The van der Waals surface area contributed by atoms with E-state index in [0.29, 0.717) is 19.8 Å².